The quantitative estimate of drug-likeness (QED) is 0.882. The van der Waals surface area contributed by atoms with E-state index >= 15 is 0 Å². The summed E-state index contributed by atoms with van der Waals surface area (Å²) in [5, 5.41) is 2.72. The molecule has 0 fully saturated rings. The van der Waals surface area contributed by atoms with Crippen molar-refractivity contribution in [1.29, 1.82) is 0 Å². The summed E-state index contributed by atoms with van der Waals surface area (Å²) >= 11 is 0. The van der Waals surface area contributed by atoms with Crippen LogP contribution in [0.15, 0.2) is 42.5 Å². The second-order valence-corrected chi connectivity index (χ2v) is 4.90. The monoisotopic (exact) mass is 301 g/mol. The Bertz CT molecular complexity index is 675. The van der Waals surface area contributed by atoms with Crippen molar-refractivity contribution in [3.63, 3.8) is 0 Å². The first-order valence-corrected chi connectivity index (χ1v) is 6.76. The maximum atomic E-state index is 12.8. The van der Waals surface area contributed by atoms with Crippen LogP contribution in [0.2, 0.25) is 0 Å². The molecular weight excluding hydrogens is 285 g/mol. The molecule has 0 aliphatic carbocycles. The standard InChI is InChI=1S/C17H16FNO3/c1-11-4-3-5-12(2)16(11)19-15(20)10-22-17(21)13-6-8-14(18)9-7-13/h3-9H,10H2,1-2H3,(H,19,20). The van der Waals surface area contributed by atoms with Gasteiger partial charge in [-0.25, -0.2) is 9.18 Å². The predicted molar refractivity (Wildman–Crippen MR) is 81.2 cm³/mol. The summed E-state index contributed by atoms with van der Waals surface area (Å²) in [5.74, 6) is -1.53. The first-order valence-electron chi connectivity index (χ1n) is 6.76. The van der Waals surface area contributed by atoms with E-state index in [9.17, 15) is 14.0 Å². The molecule has 0 atom stereocenters. The van der Waals surface area contributed by atoms with E-state index in [0.717, 1.165) is 23.3 Å². The van der Waals surface area contributed by atoms with E-state index in [4.69, 9.17) is 4.74 Å². The number of para-hydroxylation sites is 1. The van der Waals surface area contributed by atoms with Gasteiger partial charge in [-0.15, -0.1) is 0 Å². The minimum atomic E-state index is -0.670. The van der Waals surface area contributed by atoms with Crippen molar-refractivity contribution in [3.8, 4) is 0 Å². The van der Waals surface area contributed by atoms with Crippen LogP contribution in [-0.2, 0) is 9.53 Å². The van der Waals surface area contributed by atoms with E-state index in [1.165, 1.54) is 12.1 Å². The number of carbonyl (C=O) groups excluding carboxylic acids is 2. The van der Waals surface area contributed by atoms with Crippen molar-refractivity contribution in [2.24, 2.45) is 0 Å². The zero-order chi connectivity index (χ0) is 16.1. The van der Waals surface area contributed by atoms with Crippen LogP contribution in [0.1, 0.15) is 21.5 Å². The van der Waals surface area contributed by atoms with Gasteiger partial charge in [-0.2, -0.15) is 0 Å². The maximum Gasteiger partial charge on any atom is 0.338 e. The number of hydrogen-bond donors (Lipinski definition) is 1. The highest BCUT2D eigenvalue weighted by Crippen LogP contribution is 2.19. The lowest BCUT2D eigenvalue weighted by Gasteiger charge is -2.11. The molecule has 1 N–H and O–H groups in total. The van der Waals surface area contributed by atoms with Crippen LogP contribution in [0.3, 0.4) is 0 Å². The number of esters is 1. The Labute approximate surface area is 127 Å². The Morgan fingerprint density at radius 1 is 1.05 bits per heavy atom. The summed E-state index contributed by atoms with van der Waals surface area (Å²) < 4.78 is 17.7. The molecule has 1 amide bonds. The molecule has 0 spiro atoms. The van der Waals surface area contributed by atoms with Gasteiger partial charge in [0.2, 0.25) is 0 Å². The van der Waals surface area contributed by atoms with Gasteiger partial charge in [0.1, 0.15) is 5.82 Å². The van der Waals surface area contributed by atoms with Gasteiger partial charge in [-0.05, 0) is 49.2 Å². The number of rotatable bonds is 4. The molecule has 0 radical (unpaired) electrons. The van der Waals surface area contributed by atoms with Gasteiger partial charge in [0.25, 0.3) is 5.91 Å². The zero-order valence-corrected chi connectivity index (χ0v) is 12.4. The first-order chi connectivity index (χ1) is 10.5. The van der Waals surface area contributed by atoms with Crippen LogP contribution in [-0.4, -0.2) is 18.5 Å². The summed E-state index contributed by atoms with van der Waals surface area (Å²) in [6.45, 7) is 3.37. The second kappa shape index (κ2) is 6.85. The maximum absolute atomic E-state index is 12.8. The Morgan fingerprint density at radius 2 is 1.64 bits per heavy atom. The van der Waals surface area contributed by atoms with Gasteiger partial charge >= 0.3 is 5.97 Å². The number of benzene rings is 2. The predicted octanol–water partition coefficient (Wildman–Crippen LogP) is 3.24. The van der Waals surface area contributed by atoms with Crippen molar-refractivity contribution in [2.45, 2.75) is 13.8 Å². The number of carbonyl (C=O) groups is 2. The molecule has 0 bridgehead atoms. The minimum absolute atomic E-state index is 0.196. The minimum Gasteiger partial charge on any atom is -0.452 e. The number of halogens is 1. The van der Waals surface area contributed by atoms with Gasteiger partial charge in [0.05, 0.1) is 5.56 Å². The lowest BCUT2D eigenvalue weighted by atomic mass is 10.1. The molecule has 0 aliphatic heterocycles. The van der Waals surface area contributed by atoms with Crippen LogP contribution < -0.4 is 5.32 Å². The first kappa shape index (κ1) is 15.7. The number of anilines is 1. The number of hydrogen-bond acceptors (Lipinski definition) is 3. The van der Waals surface area contributed by atoms with E-state index < -0.39 is 24.3 Å². The highest BCUT2D eigenvalue weighted by molar-refractivity contribution is 5.96. The van der Waals surface area contributed by atoms with Crippen LogP contribution in [0.5, 0.6) is 0 Å². The number of aryl methyl sites for hydroxylation is 2. The molecule has 0 aromatic heterocycles. The molecule has 2 rings (SSSR count). The van der Waals surface area contributed by atoms with Crippen LogP contribution in [0.4, 0.5) is 10.1 Å². The molecule has 0 saturated carbocycles. The molecule has 0 unspecified atom stereocenters. The molecule has 22 heavy (non-hydrogen) atoms. The van der Waals surface area contributed by atoms with Gasteiger partial charge in [-0.3, -0.25) is 4.79 Å². The van der Waals surface area contributed by atoms with E-state index in [1.54, 1.807) is 0 Å². The van der Waals surface area contributed by atoms with Crippen molar-refractivity contribution in [1.82, 2.24) is 0 Å². The Kier molecular flexibility index (Phi) is 4.88. The van der Waals surface area contributed by atoms with Crippen LogP contribution in [0.25, 0.3) is 0 Å². The highest BCUT2D eigenvalue weighted by Gasteiger charge is 2.12. The smallest absolute Gasteiger partial charge is 0.338 e. The fourth-order valence-corrected chi connectivity index (χ4v) is 1.99. The third-order valence-electron chi connectivity index (χ3n) is 3.16. The second-order valence-electron chi connectivity index (χ2n) is 4.90. The van der Waals surface area contributed by atoms with E-state index in [2.05, 4.69) is 5.32 Å². The topological polar surface area (TPSA) is 55.4 Å². The molecule has 0 aliphatic rings. The average molecular weight is 301 g/mol. The molecule has 2 aromatic rings. The van der Waals surface area contributed by atoms with Gasteiger partial charge < -0.3 is 10.1 Å². The zero-order valence-electron chi connectivity index (χ0n) is 12.4. The van der Waals surface area contributed by atoms with Crippen molar-refractivity contribution >= 4 is 17.6 Å². The fourth-order valence-electron chi connectivity index (χ4n) is 1.99. The Morgan fingerprint density at radius 3 is 2.23 bits per heavy atom. The normalized spacial score (nSPS) is 10.1. The Balaban J connectivity index is 1.93. The molecular formula is C17H16FNO3. The van der Waals surface area contributed by atoms with Crippen molar-refractivity contribution < 1.29 is 18.7 Å². The lowest BCUT2D eigenvalue weighted by Crippen LogP contribution is -2.21. The number of amides is 1. The number of nitrogens with one attached hydrogen (secondary N) is 1. The fraction of sp³-hybridized carbons (Fsp3) is 0.176. The molecule has 0 heterocycles. The van der Waals surface area contributed by atoms with Crippen LogP contribution in [0, 0.1) is 19.7 Å². The summed E-state index contributed by atoms with van der Waals surface area (Å²) in [5.41, 5.74) is 2.77. The third kappa shape index (κ3) is 3.91. The SMILES string of the molecule is Cc1cccc(C)c1NC(=O)COC(=O)c1ccc(F)cc1. The summed E-state index contributed by atoms with van der Waals surface area (Å²) in [4.78, 5) is 23.6. The van der Waals surface area contributed by atoms with Crippen LogP contribution >= 0.6 is 0 Å². The summed E-state index contributed by atoms with van der Waals surface area (Å²) in [6.07, 6.45) is 0. The van der Waals surface area contributed by atoms with Crippen molar-refractivity contribution in [2.75, 3.05) is 11.9 Å². The van der Waals surface area contributed by atoms with E-state index in [0.29, 0.717) is 5.69 Å². The van der Waals surface area contributed by atoms with Gasteiger partial charge in [-0.1, -0.05) is 18.2 Å². The Hall–Kier alpha value is -2.69. The summed E-state index contributed by atoms with van der Waals surface area (Å²) in [6, 6.07) is 10.6. The molecule has 4 nitrogen and oxygen atoms in total. The third-order valence-corrected chi connectivity index (χ3v) is 3.16. The average Bonchev–Trinajstić information content (AvgIpc) is 2.49. The number of ether oxygens (including phenoxy) is 1. The van der Waals surface area contributed by atoms with E-state index in [1.807, 2.05) is 32.0 Å². The lowest BCUT2D eigenvalue weighted by molar-refractivity contribution is -0.119. The summed E-state index contributed by atoms with van der Waals surface area (Å²) in [7, 11) is 0. The molecule has 114 valence electrons. The largest absolute Gasteiger partial charge is 0.452 e. The van der Waals surface area contributed by atoms with Crippen molar-refractivity contribution in [3.05, 3.63) is 65.0 Å². The molecule has 2 aromatic carbocycles. The van der Waals surface area contributed by atoms with Gasteiger partial charge in [0, 0.05) is 5.69 Å². The molecule has 0 saturated heterocycles. The molecule has 5 heteroatoms. The highest BCUT2D eigenvalue weighted by atomic mass is 19.1. The van der Waals surface area contributed by atoms with E-state index in [-0.39, 0.29) is 5.56 Å². The van der Waals surface area contributed by atoms with Gasteiger partial charge in [0.15, 0.2) is 6.61 Å².